The first-order chi connectivity index (χ1) is 19.0. The van der Waals surface area contributed by atoms with Crippen molar-refractivity contribution in [2.24, 2.45) is 0 Å². The van der Waals surface area contributed by atoms with Crippen molar-refractivity contribution in [2.45, 2.75) is 17.9 Å². The summed E-state index contributed by atoms with van der Waals surface area (Å²) in [4.78, 5) is 40.4. The van der Waals surface area contributed by atoms with Gasteiger partial charge in [-0.3, -0.25) is 9.78 Å². The molecule has 0 saturated carbocycles. The summed E-state index contributed by atoms with van der Waals surface area (Å²) < 4.78 is 48.1. The summed E-state index contributed by atoms with van der Waals surface area (Å²) in [6, 6.07) is 6.54. The number of fused-ring (bicyclic) bond motifs is 1. The van der Waals surface area contributed by atoms with Crippen LogP contribution >= 0.6 is 0 Å². The van der Waals surface area contributed by atoms with Gasteiger partial charge in [-0.2, -0.15) is 13.2 Å². The second-order valence-corrected chi connectivity index (χ2v) is 9.27. The van der Waals surface area contributed by atoms with Crippen LogP contribution in [0.1, 0.15) is 5.56 Å². The monoisotopic (exact) mass is 556 g/mol. The van der Waals surface area contributed by atoms with Crippen molar-refractivity contribution < 1.29 is 37.3 Å². The molecule has 40 heavy (non-hydrogen) atoms. The van der Waals surface area contributed by atoms with E-state index < -0.39 is 36.3 Å². The number of carbonyl (C=O) groups is 2. The number of pyridine rings is 1. The molecule has 2 fully saturated rings. The first kappa shape index (κ1) is 27.1. The molecule has 3 N–H and O–H groups in total. The number of nitrogen functional groups attached to an aromatic ring is 1. The van der Waals surface area contributed by atoms with Crippen LogP contribution in [0.3, 0.4) is 0 Å². The maximum atomic E-state index is 12.7. The fraction of sp³-hybridized carbons (Fsp3) is 0.346. The van der Waals surface area contributed by atoms with Gasteiger partial charge in [-0.05, 0) is 18.1 Å². The smallest absolute Gasteiger partial charge is 0.449 e. The highest BCUT2D eigenvalue weighted by Crippen LogP contribution is 2.32. The number of halogens is 3. The average Bonchev–Trinajstić information content (AvgIpc) is 3.15. The van der Waals surface area contributed by atoms with Crippen molar-refractivity contribution in [1.29, 1.82) is 0 Å². The normalized spacial score (nSPS) is 21.3. The Hall–Kier alpha value is -4.48. The van der Waals surface area contributed by atoms with E-state index in [0.29, 0.717) is 65.7 Å². The van der Waals surface area contributed by atoms with Crippen LogP contribution in [0, 0.1) is 11.8 Å². The van der Waals surface area contributed by atoms with Crippen molar-refractivity contribution in [3.8, 4) is 23.2 Å². The number of likely N-dealkylation sites (N-methyl/N-ethyl adjacent to an activating group) is 1. The van der Waals surface area contributed by atoms with E-state index in [1.54, 1.807) is 30.5 Å². The standard InChI is InChI=1S/C26H23F3N6O5/c1-34-14-19(40-24(37)26(27,28)29)25(38,23(34)36)6-5-15-3-2-4-16(11-15)21-32-18-13-31-12-17(30)20(18)22(33-21)35-7-9-39-10-8-35/h2-4,11-13,19,38H,7-10,14,30H2,1H3/t19?,25-/m1/s1. The van der Waals surface area contributed by atoms with Gasteiger partial charge in [0.15, 0.2) is 11.9 Å². The number of nitrogens with two attached hydrogens (primary N) is 1. The molecule has 0 radical (unpaired) electrons. The minimum absolute atomic E-state index is 0.302. The molecule has 2 saturated heterocycles. The first-order valence-electron chi connectivity index (χ1n) is 12.1. The maximum absolute atomic E-state index is 12.7. The number of aromatic nitrogens is 3. The second kappa shape index (κ2) is 10.2. The highest BCUT2D eigenvalue weighted by atomic mass is 19.4. The van der Waals surface area contributed by atoms with Crippen molar-refractivity contribution in [3.63, 3.8) is 0 Å². The van der Waals surface area contributed by atoms with E-state index in [0.717, 1.165) is 4.90 Å². The van der Waals surface area contributed by atoms with Crippen molar-refractivity contribution >= 4 is 34.3 Å². The van der Waals surface area contributed by atoms with Gasteiger partial charge in [0, 0.05) is 31.3 Å². The van der Waals surface area contributed by atoms with Gasteiger partial charge in [0.1, 0.15) is 5.82 Å². The number of morpholine rings is 1. The van der Waals surface area contributed by atoms with E-state index in [4.69, 9.17) is 15.5 Å². The van der Waals surface area contributed by atoms with Crippen LogP contribution in [-0.2, 0) is 19.1 Å². The Labute approximate surface area is 225 Å². The zero-order valence-electron chi connectivity index (χ0n) is 21.1. The van der Waals surface area contributed by atoms with Crippen LogP contribution in [0.15, 0.2) is 36.7 Å². The Morgan fingerprint density at radius 1 is 1.25 bits per heavy atom. The van der Waals surface area contributed by atoms with E-state index in [1.165, 1.54) is 13.2 Å². The lowest BCUT2D eigenvalue weighted by Crippen LogP contribution is -2.47. The van der Waals surface area contributed by atoms with Crippen LogP contribution in [0.5, 0.6) is 0 Å². The number of aliphatic hydroxyl groups is 1. The van der Waals surface area contributed by atoms with Crippen LogP contribution < -0.4 is 10.6 Å². The van der Waals surface area contributed by atoms with Gasteiger partial charge in [0.05, 0.1) is 48.7 Å². The van der Waals surface area contributed by atoms with E-state index in [-0.39, 0.29) is 0 Å². The number of anilines is 2. The van der Waals surface area contributed by atoms with Gasteiger partial charge in [-0.1, -0.05) is 18.1 Å². The molecule has 11 nitrogen and oxygen atoms in total. The van der Waals surface area contributed by atoms with Gasteiger partial charge >= 0.3 is 12.1 Å². The third-order valence-corrected chi connectivity index (χ3v) is 6.50. The van der Waals surface area contributed by atoms with Gasteiger partial charge in [0.25, 0.3) is 5.91 Å². The number of ether oxygens (including phenoxy) is 2. The second-order valence-electron chi connectivity index (χ2n) is 9.27. The van der Waals surface area contributed by atoms with Crippen molar-refractivity contribution in [3.05, 3.63) is 42.2 Å². The molecule has 0 spiro atoms. The fourth-order valence-corrected chi connectivity index (χ4v) is 4.47. The average molecular weight is 557 g/mol. The summed E-state index contributed by atoms with van der Waals surface area (Å²) in [6.07, 6.45) is -4.04. The lowest BCUT2D eigenvalue weighted by molar-refractivity contribution is -0.209. The van der Waals surface area contributed by atoms with Crippen LogP contribution in [0.2, 0.25) is 0 Å². The molecule has 0 bridgehead atoms. The Morgan fingerprint density at radius 2 is 2.00 bits per heavy atom. The Morgan fingerprint density at radius 3 is 2.73 bits per heavy atom. The van der Waals surface area contributed by atoms with Crippen molar-refractivity contribution in [2.75, 3.05) is 50.5 Å². The summed E-state index contributed by atoms with van der Waals surface area (Å²) >= 11 is 0. The summed E-state index contributed by atoms with van der Waals surface area (Å²) in [7, 11) is 1.25. The zero-order chi connectivity index (χ0) is 28.7. The molecule has 14 heteroatoms. The summed E-state index contributed by atoms with van der Waals surface area (Å²) in [6.45, 7) is 1.78. The Bertz CT molecular complexity index is 1550. The maximum Gasteiger partial charge on any atom is 0.490 e. The van der Waals surface area contributed by atoms with Crippen molar-refractivity contribution in [1.82, 2.24) is 19.9 Å². The molecule has 208 valence electrons. The lowest BCUT2D eigenvalue weighted by atomic mass is 9.99. The third kappa shape index (κ3) is 5.08. The van der Waals surface area contributed by atoms with Gasteiger partial charge in [-0.15, -0.1) is 0 Å². The Kier molecular flexibility index (Phi) is 6.94. The van der Waals surface area contributed by atoms with Crippen LogP contribution in [-0.4, -0.2) is 94.6 Å². The molecule has 2 aliphatic rings. The summed E-state index contributed by atoms with van der Waals surface area (Å²) in [5, 5.41) is 11.6. The van der Waals surface area contributed by atoms with E-state index >= 15 is 0 Å². The molecule has 4 heterocycles. The number of hydrogen-bond acceptors (Lipinski definition) is 10. The van der Waals surface area contributed by atoms with E-state index in [1.807, 2.05) is 4.90 Å². The quantitative estimate of drug-likeness (QED) is 0.356. The minimum Gasteiger partial charge on any atom is -0.449 e. The number of likely N-dealkylation sites (tertiary alicyclic amines) is 1. The molecule has 2 aromatic heterocycles. The molecule has 1 amide bonds. The van der Waals surface area contributed by atoms with Gasteiger partial charge in [-0.25, -0.2) is 14.8 Å². The fourth-order valence-electron chi connectivity index (χ4n) is 4.47. The molecular formula is C26H23F3N6O5. The van der Waals surface area contributed by atoms with Crippen LogP contribution in [0.25, 0.3) is 22.3 Å². The molecule has 0 aliphatic carbocycles. The first-order valence-corrected chi connectivity index (χ1v) is 12.1. The predicted molar refractivity (Wildman–Crippen MR) is 136 cm³/mol. The number of rotatable bonds is 3. The highest BCUT2D eigenvalue weighted by molar-refractivity contribution is 5.99. The predicted octanol–water partition coefficient (Wildman–Crippen LogP) is 1.14. The number of benzene rings is 1. The van der Waals surface area contributed by atoms with E-state index in [9.17, 15) is 27.9 Å². The van der Waals surface area contributed by atoms with Gasteiger partial charge < -0.3 is 30.1 Å². The minimum atomic E-state index is -5.30. The summed E-state index contributed by atoms with van der Waals surface area (Å²) in [5.41, 5.74) is 5.32. The number of esters is 1. The summed E-state index contributed by atoms with van der Waals surface area (Å²) in [5.74, 6) is 2.37. The van der Waals surface area contributed by atoms with Gasteiger partial charge in [0.2, 0.25) is 5.60 Å². The zero-order valence-corrected chi connectivity index (χ0v) is 21.1. The molecule has 5 rings (SSSR count). The number of alkyl halides is 3. The third-order valence-electron chi connectivity index (χ3n) is 6.50. The molecule has 1 unspecified atom stereocenters. The molecule has 2 atom stereocenters. The Balaban J connectivity index is 1.51. The highest BCUT2D eigenvalue weighted by Gasteiger charge is 2.56. The number of carbonyl (C=O) groups excluding carboxylic acids is 2. The lowest BCUT2D eigenvalue weighted by Gasteiger charge is -2.29. The topological polar surface area (TPSA) is 144 Å². The molecule has 1 aromatic carbocycles. The largest absolute Gasteiger partial charge is 0.490 e. The number of nitrogens with zero attached hydrogens (tertiary/aromatic N) is 5. The molecule has 3 aromatic rings. The molecular weight excluding hydrogens is 533 g/mol. The van der Waals surface area contributed by atoms with E-state index in [2.05, 4.69) is 26.5 Å². The number of amides is 1. The molecule has 2 aliphatic heterocycles. The SMILES string of the molecule is CN1CC(OC(=O)C(F)(F)F)[C@](O)(C#Cc2cccc(-c3nc(N4CCOCC4)c4c(N)cncc4n3)c2)C1=O. The van der Waals surface area contributed by atoms with Crippen LogP contribution in [0.4, 0.5) is 24.7 Å². The number of hydrogen-bond donors (Lipinski definition) is 2.